The molecule has 1 aromatic carbocycles. The molecule has 0 radical (unpaired) electrons. The first-order valence-electron chi connectivity index (χ1n) is 5.05. The summed E-state index contributed by atoms with van der Waals surface area (Å²) in [4.78, 5) is 10.7. The highest BCUT2D eigenvalue weighted by molar-refractivity contribution is 5.87. The normalized spacial score (nSPS) is 10.3. The Morgan fingerprint density at radius 3 is 2.80 bits per heavy atom. The third-order valence-corrected chi connectivity index (χ3v) is 2.04. The van der Waals surface area contributed by atoms with Crippen LogP contribution < -0.4 is 4.74 Å². The monoisotopic (exact) mass is 208 g/mol. The molecule has 0 aliphatic rings. The van der Waals surface area contributed by atoms with Crippen molar-refractivity contribution >= 4 is 5.97 Å². The molecule has 0 aromatic heterocycles. The van der Waals surface area contributed by atoms with Crippen molar-refractivity contribution in [2.75, 3.05) is 6.61 Å². The van der Waals surface area contributed by atoms with E-state index in [1.165, 1.54) is 0 Å². The smallest absolute Gasteiger partial charge is 0.335 e. The second-order valence-electron chi connectivity index (χ2n) is 3.86. The first kappa shape index (κ1) is 11.6. The second-order valence-corrected chi connectivity index (χ2v) is 3.86. The van der Waals surface area contributed by atoms with E-state index in [0.29, 0.717) is 18.3 Å². The van der Waals surface area contributed by atoms with E-state index in [-0.39, 0.29) is 5.56 Å². The summed E-state index contributed by atoms with van der Waals surface area (Å²) in [5.41, 5.74) is 0.261. The fourth-order valence-corrected chi connectivity index (χ4v) is 1.13. The lowest BCUT2D eigenvalue weighted by Crippen LogP contribution is -2.02. The number of carbonyl (C=O) groups is 1. The Morgan fingerprint density at radius 2 is 2.20 bits per heavy atom. The van der Waals surface area contributed by atoms with Crippen LogP contribution >= 0.6 is 0 Å². The topological polar surface area (TPSA) is 46.5 Å². The van der Waals surface area contributed by atoms with Crippen LogP contribution in [-0.4, -0.2) is 17.7 Å². The molecule has 0 fully saturated rings. The van der Waals surface area contributed by atoms with E-state index in [4.69, 9.17) is 9.84 Å². The molecule has 1 rings (SSSR count). The highest BCUT2D eigenvalue weighted by Crippen LogP contribution is 2.14. The molecule has 0 aliphatic heterocycles. The minimum absolute atomic E-state index is 0.261. The van der Waals surface area contributed by atoms with Gasteiger partial charge in [0, 0.05) is 0 Å². The molecule has 15 heavy (non-hydrogen) atoms. The Kier molecular flexibility index (Phi) is 4.16. The first-order chi connectivity index (χ1) is 7.09. The van der Waals surface area contributed by atoms with Crippen molar-refractivity contribution in [2.45, 2.75) is 20.3 Å². The van der Waals surface area contributed by atoms with Crippen LogP contribution in [0.3, 0.4) is 0 Å². The highest BCUT2D eigenvalue weighted by atomic mass is 16.5. The molecule has 0 saturated heterocycles. The number of rotatable bonds is 5. The van der Waals surface area contributed by atoms with Gasteiger partial charge >= 0.3 is 5.97 Å². The van der Waals surface area contributed by atoms with Gasteiger partial charge < -0.3 is 9.84 Å². The van der Waals surface area contributed by atoms with E-state index in [2.05, 4.69) is 13.8 Å². The summed E-state index contributed by atoms with van der Waals surface area (Å²) in [6, 6.07) is 6.56. The first-order valence-corrected chi connectivity index (χ1v) is 5.05. The van der Waals surface area contributed by atoms with Gasteiger partial charge in [0.1, 0.15) is 5.75 Å². The van der Waals surface area contributed by atoms with Gasteiger partial charge in [0.15, 0.2) is 0 Å². The number of carboxylic acid groups (broad SMARTS) is 1. The lowest BCUT2D eigenvalue weighted by Gasteiger charge is -2.08. The van der Waals surface area contributed by atoms with Crippen molar-refractivity contribution < 1.29 is 14.6 Å². The van der Waals surface area contributed by atoms with Gasteiger partial charge in [0.25, 0.3) is 0 Å². The standard InChI is InChI=1S/C12H16O3/c1-9(2)6-7-15-11-5-3-4-10(8-11)12(13)14/h3-5,8-9H,6-7H2,1-2H3,(H,13,14). The van der Waals surface area contributed by atoms with Gasteiger partial charge in [-0.05, 0) is 30.5 Å². The lowest BCUT2D eigenvalue weighted by atomic mass is 10.1. The zero-order valence-electron chi connectivity index (χ0n) is 9.06. The van der Waals surface area contributed by atoms with Gasteiger partial charge in [-0.25, -0.2) is 4.79 Å². The van der Waals surface area contributed by atoms with Gasteiger partial charge in [0.2, 0.25) is 0 Å². The highest BCUT2D eigenvalue weighted by Gasteiger charge is 2.03. The van der Waals surface area contributed by atoms with Crippen LogP contribution in [0, 0.1) is 5.92 Å². The Labute approximate surface area is 89.7 Å². The van der Waals surface area contributed by atoms with Crippen LogP contribution in [-0.2, 0) is 0 Å². The fraction of sp³-hybridized carbons (Fsp3) is 0.417. The van der Waals surface area contributed by atoms with Gasteiger partial charge in [-0.15, -0.1) is 0 Å². The minimum Gasteiger partial charge on any atom is -0.494 e. The summed E-state index contributed by atoms with van der Waals surface area (Å²) in [6.45, 7) is 4.87. The van der Waals surface area contributed by atoms with E-state index < -0.39 is 5.97 Å². The molecule has 1 N–H and O–H groups in total. The van der Waals surface area contributed by atoms with Gasteiger partial charge in [-0.1, -0.05) is 19.9 Å². The summed E-state index contributed by atoms with van der Waals surface area (Å²) in [5.74, 6) is 0.285. The maximum Gasteiger partial charge on any atom is 0.335 e. The Bertz CT molecular complexity index is 331. The average Bonchev–Trinajstić information content (AvgIpc) is 2.17. The van der Waals surface area contributed by atoms with Crippen molar-refractivity contribution in [3.8, 4) is 5.75 Å². The zero-order valence-corrected chi connectivity index (χ0v) is 9.06. The van der Waals surface area contributed by atoms with Crippen molar-refractivity contribution in [1.29, 1.82) is 0 Å². The molecule has 3 nitrogen and oxygen atoms in total. The lowest BCUT2D eigenvalue weighted by molar-refractivity contribution is 0.0696. The Balaban J connectivity index is 2.54. The van der Waals surface area contributed by atoms with E-state index in [9.17, 15) is 4.79 Å². The molecular formula is C12H16O3. The number of benzene rings is 1. The number of ether oxygens (including phenoxy) is 1. The molecular weight excluding hydrogens is 192 g/mol. The van der Waals surface area contributed by atoms with Crippen LogP contribution in [0.15, 0.2) is 24.3 Å². The van der Waals surface area contributed by atoms with Crippen LogP contribution in [0.25, 0.3) is 0 Å². The molecule has 82 valence electrons. The zero-order chi connectivity index (χ0) is 11.3. The van der Waals surface area contributed by atoms with Crippen molar-refractivity contribution in [3.05, 3.63) is 29.8 Å². The molecule has 0 aliphatic carbocycles. The number of aromatic carboxylic acids is 1. The van der Waals surface area contributed by atoms with Crippen molar-refractivity contribution in [1.82, 2.24) is 0 Å². The molecule has 1 aromatic rings. The summed E-state index contributed by atoms with van der Waals surface area (Å²) in [5, 5.41) is 8.77. The van der Waals surface area contributed by atoms with E-state index in [0.717, 1.165) is 6.42 Å². The molecule has 0 amide bonds. The molecule has 0 saturated carbocycles. The largest absolute Gasteiger partial charge is 0.494 e. The SMILES string of the molecule is CC(C)CCOc1cccc(C(=O)O)c1. The maximum atomic E-state index is 10.7. The number of hydrogen-bond donors (Lipinski definition) is 1. The van der Waals surface area contributed by atoms with Crippen LogP contribution in [0.5, 0.6) is 5.75 Å². The third kappa shape index (κ3) is 4.02. The van der Waals surface area contributed by atoms with Gasteiger partial charge in [0.05, 0.1) is 12.2 Å². The van der Waals surface area contributed by atoms with Gasteiger partial charge in [-0.3, -0.25) is 0 Å². The van der Waals surface area contributed by atoms with Crippen molar-refractivity contribution in [3.63, 3.8) is 0 Å². The van der Waals surface area contributed by atoms with Crippen LogP contribution in [0.1, 0.15) is 30.6 Å². The molecule has 0 unspecified atom stereocenters. The Hall–Kier alpha value is -1.51. The Morgan fingerprint density at radius 1 is 1.47 bits per heavy atom. The fourth-order valence-electron chi connectivity index (χ4n) is 1.13. The predicted octanol–water partition coefficient (Wildman–Crippen LogP) is 2.81. The molecule has 0 bridgehead atoms. The number of hydrogen-bond acceptors (Lipinski definition) is 2. The summed E-state index contributed by atoms with van der Waals surface area (Å²) in [6.07, 6.45) is 0.970. The summed E-state index contributed by atoms with van der Waals surface area (Å²) >= 11 is 0. The average molecular weight is 208 g/mol. The molecule has 0 spiro atoms. The predicted molar refractivity (Wildman–Crippen MR) is 58.4 cm³/mol. The maximum absolute atomic E-state index is 10.7. The minimum atomic E-state index is -0.927. The van der Waals surface area contributed by atoms with Crippen LogP contribution in [0.4, 0.5) is 0 Å². The van der Waals surface area contributed by atoms with E-state index >= 15 is 0 Å². The second kappa shape index (κ2) is 5.39. The quantitative estimate of drug-likeness (QED) is 0.809. The van der Waals surface area contributed by atoms with Gasteiger partial charge in [-0.2, -0.15) is 0 Å². The third-order valence-electron chi connectivity index (χ3n) is 2.04. The molecule has 0 heterocycles. The van der Waals surface area contributed by atoms with Crippen LogP contribution in [0.2, 0.25) is 0 Å². The molecule has 0 atom stereocenters. The molecule has 3 heteroatoms. The summed E-state index contributed by atoms with van der Waals surface area (Å²) in [7, 11) is 0. The summed E-state index contributed by atoms with van der Waals surface area (Å²) < 4.78 is 5.44. The van der Waals surface area contributed by atoms with E-state index in [1.807, 2.05) is 0 Å². The number of carboxylic acids is 1. The van der Waals surface area contributed by atoms with E-state index in [1.54, 1.807) is 24.3 Å². The van der Waals surface area contributed by atoms with Crippen molar-refractivity contribution in [2.24, 2.45) is 5.92 Å².